The lowest BCUT2D eigenvalue weighted by atomic mass is 10.2. The third-order valence-corrected chi connectivity index (χ3v) is 6.02. The van der Waals surface area contributed by atoms with Crippen LogP contribution < -0.4 is 55.0 Å². The van der Waals surface area contributed by atoms with Crippen LogP contribution in [0.2, 0.25) is 0 Å². The van der Waals surface area contributed by atoms with E-state index < -0.39 is 0 Å². The van der Waals surface area contributed by atoms with E-state index in [1.807, 2.05) is 24.3 Å². The van der Waals surface area contributed by atoms with Gasteiger partial charge in [-0.3, -0.25) is 0 Å². The van der Waals surface area contributed by atoms with E-state index in [2.05, 4.69) is 26.6 Å². The van der Waals surface area contributed by atoms with Crippen LogP contribution in [0.3, 0.4) is 0 Å². The van der Waals surface area contributed by atoms with Crippen LogP contribution in [0.25, 0.3) is 0 Å². The summed E-state index contributed by atoms with van der Waals surface area (Å²) >= 11 is 0. The van der Waals surface area contributed by atoms with Crippen molar-refractivity contribution in [2.24, 2.45) is 0 Å². The molecule has 0 aliphatic heterocycles. The highest BCUT2D eigenvalue weighted by Gasteiger charge is 2.14. The van der Waals surface area contributed by atoms with Crippen LogP contribution in [-0.2, 0) is 13.1 Å². The number of rotatable bonds is 22. The van der Waals surface area contributed by atoms with Gasteiger partial charge < -0.3 is 55.0 Å². The minimum Gasteiger partial charge on any atom is -0.493 e. The molecule has 0 atom stereocenters. The summed E-state index contributed by atoms with van der Waals surface area (Å²) in [5, 5.41) is 17.2. The van der Waals surface area contributed by atoms with Gasteiger partial charge in [-0.15, -0.1) is 49.6 Å². The Morgan fingerprint density at radius 1 is 0.372 bits per heavy atom. The Kier molecular flexibility index (Phi) is 29.4. The van der Waals surface area contributed by atoms with Crippen LogP contribution in [0.4, 0.5) is 0 Å². The van der Waals surface area contributed by atoms with Crippen LogP contribution in [0.15, 0.2) is 24.3 Å². The quantitative estimate of drug-likeness (QED) is 0.117. The molecule has 2 rings (SSSR count). The standard InChI is InChI=1S/C28H47N5O6.4ClH/c1-34-23-15-21(16-24(35-2)27(23)38-5)19-32-13-11-30-9-7-29-8-10-31-12-14-33-20-22-17-25(36-3)28(39-6)26(18-22)37-4;;;;/h15-18,29-33H,7-14,19-20H2,1-6H3;4*1H. The van der Waals surface area contributed by atoms with Crippen molar-refractivity contribution in [3.63, 3.8) is 0 Å². The van der Waals surface area contributed by atoms with Gasteiger partial charge in [0.25, 0.3) is 0 Å². The van der Waals surface area contributed by atoms with Crippen LogP contribution >= 0.6 is 49.6 Å². The molecule has 0 amide bonds. The monoisotopic (exact) mass is 693 g/mol. The Bertz CT molecular complexity index is 856. The van der Waals surface area contributed by atoms with Gasteiger partial charge in [0, 0.05) is 65.4 Å². The summed E-state index contributed by atoms with van der Waals surface area (Å²) in [6.07, 6.45) is 0. The van der Waals surface area contributed by atoms with E-state index in [1.165, 1.54) is 0 Å². The van der Waals surface area contributed by atoms with Crippen LogP contribution in [0.1, 0.15) is 11.1 Å². The molecule has 0 saturated carbocycles. The Hall–Kier alpha value is -1.80. The summed E-state index contributed by atoms with van der Waals surface area (Å²) in [7, 11) is 9.72. The molecule has 0 heterocycles. The van der Waals surface area contributed by atoms with Crippen molar-refractivity contribution in [1.82, 2.24) is 26.6 Å². The molecule has 252 valence electrons. The molecule has 15 heteroatoms. The molecule has 0 aliphatic carbocycles. The van der Waals surface area contributed by atoms with Gasteiger partial charge in [0.1, 0.15) is 0 Å². The van der Waals surface area contributed by atoms with Gasteiger partial charge in [-0.25, -0.2) is 0 Å². The first-order valence-electron chi connectivity index (χ1n) is 13.2. The first-order chi connectivity index (χ1) is 19.1. The molecule has 43 heavy (non-hydrogen) atoms. The molecule has 0 unspecified atom stereocenters. The number of halogens is 4. The van der Waals surface area contributed by atoms with Crippen molar-refractivity contribution < 1.29 is 28.4 Å². The molecule has 11 nitrogen and oxygen atoms in total. The molecule has 0 bridgehead atoms. The molecule has 5 N–H and O–H groups in total. The minimum atomic E-state index is 0. The normalized spacial score (nSPS) is 9.81. The average Bonchev–Trinajstić information content (AvgIpc) is 2.97. The van der Waals surface area contributed by atoms with Gasteiger partial charge in [-0.1, -0.05) is 0 Å². The van der Waals surface area contributed by atoms with Crippen LogP contribution in [-0.4, -0.2) is 95.0 Å². The van der Waals surface area contributed by atoms with Gasteiger partial charge in [0.2, 0.25) is 11.5 Å². The van der Waals surface area contributed by atoms with Gasteiger partial charge >= 0.3 is 0 Å². The summed E-state index contributed by atoms with van der Waals surface area (Å²) in [5.41, 5.74) is 2.16. The number of methoxy groups -OCH3 is 6. The zero-order valence-corrected chi connectivity index (χ0v) is 29.2. The highest BCUT2D eigenvalue weighted by atomic mass is 35.5. The van der Waals surface area contributed by atoms with E-state index in [4.69, 9.17) is 28.4 Å². The third-order valence-electron chi connectivity index (χ3n) is 6.02. The fourth-order valence-corrected chi connectivity index (χ4v) is 4.02. The number of hydrogen-bond acceptors (Lipinski definition) is 11. The fraction of sp³-hybridized carbons (Fsp3) is 0.571. The maximum Gasteiger partial charge on any atom is 0.203 e. The van der Waals surface area contributed by atoms with E-state index in [9.17, 15) is 0 Å². The predicted octanol–water partition coefficient (Wildman–Crippen LogP) is 3.07. The molecule has 2 aromatic rings. The molecule has 0 saturated heterocycles. The summed E-state index contributed by atoms with van der Waals surface area (Å²) in [6, 6.07) is 7.86. The molecule has 2 aromatic carbocycles. The summed E-state index contributed by atoms with van der Waals surface area (Å²) in [6.45, 7) is 8.64. The van der Waals surface area contributed by atoms with Crippen molar-refractivity contribution >= 4 is 49.6 Å². The van der Waals surface area contributed by atoms with Crippen molar-refractivity contribution in [2.45, 2.75) is 13.1 Å². The number of ether oxygens (including phenoxy) is 6. The smallest absolute Gasteiger partial charge is 0.203 e. The van der Waals surface area contributed by atoms with E-state index in [1.54, 1.807) is 42.7 Å². The topological polar surface area (TPSA) is 116 Å². The highest BCUT2D eigenvalue weighted by molar-refractivity contribution is 5.86. The third kappa shape index (κ3) is 16.2. The molecular weight excluding hydrogens is 644 g/mol. The van der Waals surface area contributed by atoms with Crippen molar-refractivity contribution in [1.29, 1.82) is 0 Å². The van der Waals surface area contributed by atoms with Gasteiger partial charge in [-0.2, -0.15) is 0 Å². The lowest BCUT2D eigenvalue weighted by Crippen LogP contribution is -2.36. The lowest BCUT2D eigenvalue weighted by Gasteiger charge is -2.14. The second-order valence-corrected chi connectivity index (χ2v) is 8.67. The Balaban J connectivity index is -0.00000400. The zero-order valence-electron chi connectivity index (χ0n) is 26.0. The maximum atomic E-state index is 5.41. The molecule has 0 fully saturated rings. The van der Waals surface area contributed by atoms with E-state index >= 15 is 0 Å². The fourth-order valence-electron chi connectivity index (χ4n) is 4.02. The molecule has 0 aromatic heterocycles. The van der Waals surface area contributed by atoms with Crippen LogP contribution in [0.5, 0.6) is 34.5 Å². The van der Waals surface area contributed by atoms with E-state index in [-0.39, 0.29) is 49.6 Å². The van der Waals surface area contributed by atoms with Gasteiger partial charge in [0.05, 0.1) is 42.7 Å². The predicted molar refractivity (Wildman–Crippen MR) is 183 cm³/mol. The SMILES string of the molecule is COc1cc(CNCCNCCNCCNCCNCc2cc(OC)c(OC)c(OC)c2)cc(OC)c1OC.Cl.Cl.Cl.Cl. The van der Waals surface area contributed by atoms with Crippen LogP contribution in [0, 0.1) is 0 Å². The summed E-state index contributed by atoms with van der Waals surface area (Å²) in [5.74, 6) is 3.88. The van der Waals surface area contributed by atoms with Crippen molar-refractivity contribution in [2.75, 3.05) is 95.0 Å². The number of benzene rings is 2. The van der Waals surface area contributed by atoms with Crippen molar-refractivity contribution in [3.05, 3.63) is 35.4 Å². The van der Waals surface area contributed by atoms with Gasteiger partial charge in [0.15, 0.2) is 23.0 Å². The summed E-state index contributed by atoms with van der Waals surface area (Å²) in [4.78, 5) is 0. The second-order valence-electron chi connectivity index (χ2n) is 8.67. The number of hydrogen-bond donors (Lipinski definition) is 5. The van der Waals surface area contributed by atoms with E-state index in [0.717, 1.165) is 76.6 Å². The highest BCUT2D eigenvalue weighted by Crippen LogP contribution is 2.39. The minimum absolute atomic E-state index is 0. The second kappa shape index (κ2) is 27.7. The Morgan fingerprint density at radius 3 is 0.814 bits per heavy atom. The zero-order chi connectivity index (χ0) is 28.3. The lowest BCUT2D eigenvalue weighted by molar-refractivity contribution is 0.323. The largest absolute Gasteiger partial charge is 0.493 e. The van der Waals surface area contributed by atoms with Crippen molar-refractivity contribution in [3.8, 4) is 34.5 Å². The molecule has 0 radical (unpaired) electrons. The number of nitrogens with one attached hydrogen (secondary N) is 5. The van der Waals surface area contributed by atoms with Gasteiger partial charge in [-0.05, 0) is 35.4 Å². The first-order valence-corrected chi connectivity index (χ1v) is 13.2. The molecule has 0 spiro atoms. The molecule has 0 aliphatic rings. The Morgan fingerprint density at radius 2 is 0.605 bits per heavy atom. The first kappa shape index (κ1) is 45.6. The Labute approximate surface area is 281 Å². The maximum absolute atomic E-state index is 5.41. The summed E-state index contributed by atoms with van der Waals surface area (Å²) < 4.78 is 32.4. The molecular formula is C28H51Cl4N5O6. The van der Waals surface area contributed by atoms with E-state index in [0.29, 0.717) is 34.5 Å². The average molecular weight is 696 g/mol.